The summed E-state index contributed by atoms with van der Waals surface area (Å²) in [6.07, 6.45) is 0. The van der Waals surface area contributed by atoms with E-state index in [1.807, 2.05) is 0 Å². The van der Waals surface area contributed by atoms with Crippen molar-refractivity contribution in [2.75, 3.05) is 11.9 Å². The summed E-state index contributed by atoms with van der Waals surface area (Å²) in [7, 11) is 0. The number of esters is 1. The normalized spacial score (nSPS) is 11.3. The minimum absolute atomic E-state index is 0.0198. The van der Waals surface area contributed by atoms with Crippen molar-refractivity contribution in [2.24, 2.45) is 0 Å². The van der Waals surface area contributed by atoms with Gasteiger partial charge in [0.1, 0.15) is 11.9 Å². The number of carbonyl (C=O) groups excluding carboxylic acids is 3. The average molecular weight is 379 g/mol. The van der Waals surface area contributed by atoms with E-state index in [2.05, 4.69) is 10.6 Å². The lowest BCUT2D eigenvalue weighted by molar-refractivity contribution is -0.148. The van der Waals surface area contributed by atoms with Crippen molar-refractivity contribution >= 4 is 35.1 Å². The molecule has 0 radical (unpaired) electrons. The minimum atomic E-state index is -1.000. The van der Waals surface area contributed by atoms with Crippen LogP contribution in [0.4, 0.5) is 10.1 Å². The first-order chi connectivity index (χ1) is 12.4. The van der Waals surface area contributed by atoms with Crippen LogP contribution in [-0.4, -0.2) is 30.4 Å². The lowest BCUT2D eigenvalue weighted by Gasteiger charge is -2.14. The Bertz CT molecular complexity index is 828. The third-order valence-corrected chi connectivity index (χ3v) is 3.64. The fourth-order valence-electron chi connectivity index (χ4n) is 1.99. The summed E-state index contributed by atoms with van der Waals surface area (Å²) < 4.78 is 18.3. The second-order valence-electron chi connectivity index (χ2n) is 5.31. The number of benzene rings is 2. The van der Waals surface area contributed by atoms with Crippen LogP contribution in [0.2, 0.25) is 5.02 Å². The zero-order chi connectivity index (χ0) is 19.1. The predicted molar refractivity (Wildman–Crippen MR) is 94.4 cm³/mol. The molecule has 0 fully saturated rings. The van der Waals surface area contributed by atoms with Crippen LogP contribution >= 0.6 is 11.6 Å². The van der Waals surface area contributed by atoms with E-state index in [-0.39, 0.29) is 16.3 Å². The molecule has 0 aromatic heterocycles. The first-order valence-corrected chi connectivity index (χ1v) is 8.02. The second-order valence-corrected chi connectivity index (χ2v) is 5.72. The fourth-order valence-corrected chi connectivity index (χ4v) is 2.21. The van der Waals surface area contributed by atoms with Crippen molar-refractivity contribution in [2.45, 2.75) is 13.0 Å². The molecule has 2 aromatic carbocycles. The van der Waals surface area contributed by atoms with Crippen molar-refractivity contribution in [3.63, 3.8) is 0 Å². The number of anilines is 1. The van der Waals surface area contributed by atoms with Gasteiger partial charge >= 0.3 is 5.97 Å². The lowest BCUT2D eigenvalue weighted by atomic mass is 10.2. The first kappa shape index (κ1) is 19.4. The molecule has 0 saturated heterocycles. The SMILES string of the molecule is C[C@H](NC(=O)c1ccccc1Cl)C(=O)OCC(=O)Nc1ccccc1F. The summed E-state index contributed by atoms with van der Waals surface area (Å²) in [5, 5.41) is 4.96. The number of amides is 2. The van der Waals surface area contributed by atoms with E-state index < -0.39 is 36.2 Å². The molecular weight excluding hydrogens is 363 g/mol. The monoisotopic (exact) mass is 378 g/mol. The van der Waals surface area contributed by atoms with Crippen LogP contribution in [-0.2, 0) is 14.3 Å². The number of rotatable bonds is 6. The smallest absolute Gasteiger partial charge is 0.328 e. The highest BCUT2D eigenvalue weighted by Crippen LogP contribution is 2.15. The Labute approximate surface area is 154 Å². The molecule has 136 valence electrons. The molecule has 0 saturated carbocycles. The van der Waals surface area contributed by atoms with Crippen molar-refractivity contribution in [3.05, 3.63) is 64.9 Å². The quantitative estimate of drug-likeness (QED) is 0.757. The molecule has 2 rings (SSSR count). The van der Waals surface area contributed by atoms with Crippen molar-refractivity contribution < 1.29 is 23.5 Å². The standard InChI is InChI=1S/C18H16ClFN2O4/c1-11(21-17(24)12-6-2-3-7-13(12)19)18(25)26-10-16(23)22-15-9-5-4-8-14(15)20/h2-9,11H,10H2,1H3,(H,21,24)(H,22,23)/t11-/m0/s1. The van der Waals surface area contributed by atoms with Crippen molar-refractivity contribution in [3.8, 4) is 0 Å². The Morgan fingerprint density at radius 3 is 2.46 bits per heavy atom. The molecule has 2 N–H and O–H groups in total. The maximum absolute atomic E-state index is 13.4. The van der Waals surface area contributed by atoms with Crippen LogP contribution in [0.15, 0.2) is 48.5 Å². The van der Waals surface area contributed by atoms with Gasteiger partial charge in [-0.25, -0.2) is 9.18 Å². The van der Waals surface area contributed by atoms with Gasteiger partial charge in [-0.15, -0.1) is 0 Å². The first-order valence-electron chi connectivity index (χ1n) is 7.65. The number of nitrogens with one attached hydrogen (secondary N) is 2. The van der Waals surface area contributed by atoms with Crippen LogP contribution in [0.5, 0.6) is 0 Å². The maximum atomic E-state index is 13.4. The molecule has 0 aliphatic heterocycles. The minimum Gasteiger partial charge on any atom is -0.454 e. The molecular formula is C18H16ClFN2O4. The summed E-state index contributed by atoms with van der Waals surface area (Å²) in [6, 6.07) is 11.0. The molecule has 2 amide bonds. The third kappa shape index (κ3) is 5.29. The van der Waals surface area contributed by atoms with Crippen LogP contribution in [0.3, 0.4) is 0 Å². The predicted octanol–water partition coefficient (Wildman–Crippen LogP) is 2.78. The van der Waals surface area contributed by atoms with Gasteiger partial charge in [-0.05, 0) is 31.2 Å². The summed E-state index contributed by atoms with van der Waals surface area (Å²) >= 11 is 5.91. The van der Waals surface area contributed by atoms with Gasteiger partial charge in [0.2, 0.25) is 0 Å². The van der Waals surface area contributed by atoms with Gasteiger partial charge in [0.05, 0.1) is 16.3 Å². The highest BCUT2D eigenvalue weighted by atomic mass is 35.5. The summed E-state index contributed by atoms with van der Waals surface area (Å²) in [4.78, 5) is 35.7. The van der Waals surface area contributed by atoms with E-state index >= 15 is 0 Å². The fraction of sp³-hybridized carbons (Fsp3) is 0.167. The number of ether oxygens (including phenoxy) is 1. The Morgan fingerprint density at radius 2 is 1.77 bits per heavy atom. The van der Waals surface area contributed by atoms with E-state index in [1.165, 1.54) is 31.2 Å². The van der Waals surface area contributed by atoms with Crippen LogP contribution < -0.4 is 10.6 Å². The number of hydrogen-bond acceptors (Lipinski definition) is 4. The Balaban J connectivity index is 1.83. The largest absolute Gasteiger partial charge is 0.454 e. The van der Waals surface area contributed by atoms with Crippen molar-refractivity contribution in [1.82, 2.24) is 5.32 Å². The number of carbonyl (C=O) groups is 3. The Kier molecular flexibility index (Phi) is 6.68. The molecule has 0 aliphatic rings. The zero-order valence-corrected chi connectivity index (χ0v) is 14.5. The molecule has 0 heterocycles. The number of para-hydroxylation sites is 1. The molecule has 0 spiro atoms. The molecule has 6 nitrogen and oxygen atoms in total. The maximum Gasteiger partial charge on any atom is 0.328 e. The average Bonchev–Trinajstić information content (AvgIpc) is 2.61. The van der Waals surface area contributed by atoms with Crippen LogP contribution in [0, 0.1) is 5.82 Å². The van der Waals surface area contributed by atoms with Crippen LogP contribution in [0.25, 0.3) is 0 Å². The van der Waals surface area contributed by atoms with Gasteiger partial charge in [0, 0.05) is 0 Å². The van der Waals surface area contributed by atoms with E-state index in [0.29, 0.717) is 0 Å². The highest BCUT2D eigenvalue weighted by Gasteiger charge is 2.20. The summed E-state index contributed by atoms with van der Waals surface area (Å²) in [5.74, 6) is -2.66. The highest BCUT2D eigenvalue weighted by molar-refractivity contribution is 6.33. The van der Waals surface area contributed by atoms with Gasteiger partial charge in [-0.3, -0.25) is 9.59 Å². The van der Waals surface area contributed by atoms with E-state index in [9.17, 15) is 18.8 Å². The van der Waals surface area contributed by atoms with E-state index in [1.54, 1.807) is 24.3 Å². The Morgan fingerprint density at radius 1 is 1.12 bits per heavy atom. The van der Waals surface area contributed by atoms with Gasteiger partial charge in [-0.1, -0.05) is 35.9 Å². The second kappa shape index (κ2) is 8.96. The summed E-state index contributed by atoms with van der Waals surface area (Å²) in [5.41, 5.74) is 0.194. The van der Waals surface area contributed by atoms with Gasteiger partial charge < -0.3 is 15.4 Å². The molecule has 0 aliphatic carbocycles. The molecule has 2 aromatic rings. The molecule has 8 heteroatoms. The van der Waals surface area contributed by atoms with Crippen molar-refractivity contribution in [1.29, 1.82) is 0 Å². The lowest BCUT2D eigenvalue weighted by Crippen LogP contribution is -2.40. The van der Waals surface area contributed by atoms with Crippen LogP contribution in [0.1, 0.15) is 17.3 Å². The number of hydrogen-bond donors (Lipinski definition) is 2. The molecule has 1 atom stereocenters. The third-order valence-electron chi connectivity index (χ3n) is 3.31. The molecule has 0 bridgehead atoms. The van der Waals surface area contributed by atoms with Gasteiger partial charge in [-0.2, -0.15) is 0 Å². The molecule has 0 unspecified atom stereocenters. The summed E-state index contributed by atoms with van der Waals surface area (Å²) in [6.45, 7) is 0.797. The van der Waals surface area contributed by atoms with E-state index in [0.717, 1.165) is 0 Å². The topological polar surface area (TPSA) is 84.5 Å². The van der Waals surface area contributed by atoms with Gasteiger partial charge in [0.15, 0.2) is 6.61 Å². The number of halogens is 2. The zero-order valence-electron chi connectivity index (χ0n) is 13.8. The Hall–Kier alpha value is -2.93. The van der Waals surface area contributed by atoms with Gasteiger partial charge in [0.25, 0.3) is 11.8 Å². The molecule has 26 heavy (non-hydrogen) atoms. The van der Waals surface area contributed by atoms with E-state index in [4.69, 9.17) is 16.3 Å².